The standard InChI is InChI=1S/C25H30ClN5O2S/c1-18(30-14-4-3-5-15-30)24-28-29-25(31(24)21-10-8-20(26)9-11-21)34-17-23(32)27-16-19-6-12-22(33-2)13-7-19/h6-13,18H,3-5,14-17H2,1-2H3,(H,27,32)/t18-/m0/s1. The molecule has 1 saturated heterocycles. The number of thioether (sulfide) groups is 1. The number of ether oxygens (including phenoxy) is 1. The summed E-state index contributed by atoms with van der Waals surface area (Å²) in [6.45, 7) is 4.76. The average molecular weight is 500 g/mol. The number of amides is 1. The highest BCUT2D eigenvalue weighted by Crippen LogP contribution is 2.29. The number of nitrogens with zero attached hydrogens (tertiary/aromatic N) is 4. The minimum atomic E-state index is -0.0582. The van der Waals surface area contributed by atoms with Crippen LogP contribution in [0.1, 0.15) is 43.6 Å². The van der Waals surface area contributed by atoms with Gasteiger partial charge in [0.15, 0.2) is 11.0 Å². The van der Waals surface area contributed by atoms with Crippen LogP contribution in [-0.4, -0.2) is 51.5 Å². The summed E-state index contributed by atoms with van der Waals surface area (Å²) in [5.74, 6) is 1.86. The number of halogens is 1. The van der Waals surface area contributed by atoms with E-state index in [2.05, 4.69) is 31.9 Å². The Morgan fingerprint density at radius 2 is 1.79 bits per heavy atom. The zero-order valence-electron chi connectivity index (χ0n) is 19.5. The Labute approximate surface area is 209 Å². The third-order valence-electron chi connectivity index (χ3n) is 6.04. The number of piperidine rings is 1. The molecule has 34 heavy (non-hydrogen) atoms. The van der Waals surface area contributed by atoms with Crippen molar-refractivity contribution in [1.82, 2.24) is 25.0 Å². The van der Waals surface area contributed by atoms with Crippen LogP contribution in [-0.2, 0) is 11.3 Å². The summed E-state index contributed by atoms with van der Waals surface area (Å²) in [4.78, 5) is 15.0. The number of benzene rings is 2. The van der Waals surface area contributed by atoms with E-state index in [0.717, 1.165) is 35.9 Å². The zero-order chi connectivity index (χ0) is 23.9. The lowest BCUT2D eigenvalue weighted by molar-refractivity contribution is -0.118. The van der Waals surface area contributed by atoms with Crippen LogP contribution in [0.4, 0.5) is 0 Å². The van der Waals surface area contributed by atoms with Gasteiger partial charge in [0.2, 0.25) is 5.91 Å². The van der Waals surface area contributed by atoms with Gasteiger partial charge in [-0.2, -0.15) is 0 Å². The van der Waals surface area contributed by atoms with Crippen LogP contribution in [0.2, 0.25) is 5.02 Å². The van der Waals surface area contributed by atoms with Crippen molar-refractivity contribution in [2.75, 3.05) is 26.0 Å². The topological polar surface area (TPSA) is 72.3 Å². The first-order valence-electron chi connectivity index (χ1n) is 11.5. The molecule has 0 saturated carbocycles. The van der Waals surface area contributed by atoms with E-state index in [-0.39, 0.29) is 17.7 Å². The third-order valence-corrected chi connectivity index (χ3v) is 7.22. The molecule has 0 aliphatic carbocycles. The van der Waals surface area contributed by atoms with Crippen molar-refractivity contribution < 1.29 is 9.53 Å². The summed E-state index contributed by atoms with van der Waals surface area (Å²) in [6.07, 6.45) is 3.69. The maximum atomic E-state index is 12.6. The fourth-order valence-electron chi connectivity index (χ4n) is 4.07. The Hall–Kier alpha value is -2.55. The molecule has 3 aromatic rings. The molecule has 1 atom stereocenters. The van der Waals surface area contributed by atoms with Gasteiger partial charge < -0.3 is 10.1 Å². The van der Waals surface area contributed by atoms with Crippen LogP contribution in [0.15, 0.2) is 53.7 Å². The fourth-order valence-corrected chi connectivity index (χ4v) is 4.99. The first-order valence-corrected chi connectivity index (χ1v) is 12.9. The maximum Gasteiger partial charge on any atom is 0.230 e. The van der Waals surface area contributed by atoms with Crippen LogP contribution < -0.4 is 10.1 Å². The third kappa shape index (κ3) is 6.11. The molecule has 0 unspecified atom stereocenters. The van der Waals surface area contributed by atoms with Crippen LogP contribution >= 0.6 is 23.4 Å². The number of carbonyl (C=O) groups excluding carboxylic acids is 1. The van der Waals surface area contributed by atoms with E-state index in [9.17, 15) is 4.79 Å². The van der Waals surface area contributed by atoms with E-state index in [0.29, 0.717) is 16.7 Å². The quantitative estimate of drug-likeness (QED) is 0.423. The minimum Gasteiger partial charge on any atom is -0.497 e. The second kappa shape index (κ2) is 11.7. The summed E-state index contributed by atoms with van der Waals surface area (Å²) in [6, 6.07) is 15.4. The lowest BCUT2D eigenvalue weighted by Gasteiger charge is -2.31. The fraction of sp³-hybridized carbons (Fsp3) is 0.400. The molecule has 1 amide bonds. The average Bonchev–Trinajstić information content (AvgIpc) is 3.31. The lowest BCUT2D eigenvalue weighted by Crippen LogP contribution is -2.33. The van der Waals surface area contributed by atoms with Crippen molar-refractivity contribution >= 4 is 29.3 Å². The minimum absolute atomic E-state index is 0.0582. The zero-order valence-corrected chi connectivity index (χ0v) is 21.1. The molecule has 7 nitrogen and oxygen atoms in total. The van der Waals surface area contributed by atoms with Gasteiger partial charge in [0, 0.05) is 17.3 Å². The van der Waals surface area contributed by atoms with Crippen LogP contribution in [0.25, 0.3) is 5.69 Å². The first kappa shape index (κ1) is 24.6. The smallest absolute Gasteiger partial charge is 0.230 e. The van der Waals surface area contributed by atoms with Gasteiger partial charge in [-0.05, 0) is 74.8 Å². The second-order valence-corrected chi connectivity index (χ2v) is 9.72. The number of aromatic nitrogens is 3. The summed E-state index contributed by atoms with van der Waals surface area (Å²) in [5.41, 5.74) is 1.95. The summed E-state index contributed by atoms with van der Waals surface area (Å²) in [7, 11) is 1.63. The van der Waals surface area contributed by atoms with Gasteiger partial charge in [-0.15, -0.1) is 10.2 Å². The molecule has 9 heteroatoms. The largest absolute Gasteiger partial charge is 0.497 e. The van der Waals surface area contributed by atoms with Crippen LogP contribution in [0, 0.1) is 0 Å². The van der Waals surface area contributed by atoms with Crippen LogP contribution in [0.5, 0.6) is 5.75 Å². The SMILES string of the molecule is COc1ccc(CNC(=O)CSc2nnc([C@H](C)N3CCCCC3)n2-c2ccc(Cl)cc2)cc1. The number of carbonyl (C=O) groups is 1. The number of methoxy groups -OCH3 is 1. The Morgan fingerprint density at radius 3 is 2.47 bits per heavy atom. The number of hydrogen-bond donors (Lipinski definition) is 1. The number of nitrogens with one attached hydrogen (secondary N) is 1. The summed E-state index contributed by atoms with van der Waals surface area (Å²) in [5, 5.41) is 13.4. The van der Waals surface area contributed by atoms with E-state index in [1.165, 1.54) is 31.0 Å². The summed E-state index contributed by atoms with van der Waals surface area (Å²) >= 11 is 7.51. The molecule has 180 valence electrons. The van der Waals surface area contributed by atoms with E-state index in [1.807, 2.05) is 48.5 Å². The van der Waals surface area contributed by atoms with E-state index < -0.39 is 0 Å². The van der Waals surface area contributed by atoms with Gasteiger partial charge >= 0.3 is 0 Å². The second-order valence-electron chi connectivity index (χ2n) is 8.34. The normalized spacial score (nSPS) is 15.1. The number of rotatable bonds is 9. The Bertz CT molecular complexity index is 1080. The first-order chi connectivity index (χ1) is 16.5. The predicted molar refractivity (Wildman–Crippen MR) is 136 cm³/mol. The lowest BCUT2D eigenvalue weighted by atomic mass is 10.1. The molecular weight excluding hydrogens is 470 g/mol. The van der Waals surface area contributed by atoms with E-state index in [4.69, 9.17) is 16.3 Å². The van der Waals surface area contributed by atoms with Crippen molar-refractivity contribution in [2.45, 2.75) is 43.9 Å². The van der Waals surface area contributed by atoms with Crippen molar-refractivity contribution in [3.63, 3.8) is 0 Å². The Balaban J connectivity index is 1.46. The monoisotopic (exact) mass is 499 g/mol. The van der Waals surface area contributed by atoms with Crippen LogP contribution in [0.3, 0.4) is 0 Å². The molecule has 1 aliphatic heterocycles. The molecule has 2 heterocycles. The van der Waals surface area contributed by atoms with Crippen molar-refractivity contribution in [3.8, 4) is 11.4 Å². The molecule has 0 radical (unpaired) electrons. The Kier molecular flexibility index (Phi) is 8.48. The maximum absolute atomic E-state index is 12.6. The van der Waals surface area contributed by atoms with Gasteiger partial charge in [-0.1, -0.05) is 41.9 Å². The predicted octanol–water partition coefficient (Wildman–Crippen LogP) is 4.88. The number of hydrogen-bond acceptors (Lipinski definition) is 6. The van der Waals surface area contributed by atoms with Gasteiger partial charge in [-0.3, -0.25) is 14.3 Å². The van der Waals surface area contributed by atoms with Gasteiger partial charge in [-0.25, -0.2) is 0 Å². The highest BCUT2D eigenvalue weighted by molar-refractivity contribution is 7.99. The van der Waals surface area contributed by atoms with Crippen molar-refractivity contribution in [1.29, 1.82) is 0 Å². The van der Waals surface area contributed by atoms with E-state index in [1.54, 1.807) is 7.11 Å². The molecule has 0 spiro atoms. The highest BCUT2D eigenvalue weighted by atomic mass is 35.5. The molecule has 1 aromatic heterocycles. The molecule has 1 aliphatic rings. The highest BCUT2D eigenvalue weighted by Gasteiger charge is 2.25. The van der Waals surface area contributed by atoms with E-state index >= 15 is 0 Å². The molecule has 1 N–H and O–H groups in total. The molecule has 2 aromatic carbocycles. The van der Waals surface area contributed by atoms with Gasteiger partial charge in [0.05, 0.1) is 18.9 Å². The van der Waals surface area contributed by atoms with Crippen molar-refractivity contribution in [3.05, 3.63) is 64.9 Å². The van der Waals surface area contributed by atoms with Crippen molar-refractivity contribution in [2.24, 2.45) is 0 Å². The molecule has 0 bridgehead atoms. The Morgan fingerprint density at radius 1 is 1.09 bits per heavy atom. The van der Waals surface area contributed by atoms with Gasteiger partial charge in [0.1, 0.15) is 5.75 Å². The van der Waals surface area contributed by atoms with Gasteiger partial charge in [0.25, 0.3) is 0 Å². The molecule has 1 fully saturated rings. The summed E-state index contributed by atoms with van der Waals surface area (Å²) < 4.78 is 7.23. The molecule has 4 rings (SSSR count). The molecular formula is C25H30ClN5O2S. The number of likely N-dealkylation sites (tertiary alicyclic amines) is 1.